The van der Waals surface area contributed by atoms with E-state index in [0.717, 1.165) is 31.3 Å². The van der Waals surface area contributed by atoms with Gasteiger partial charge < -0.3 is 15.4 Å². The van der Waals surface area contributed by atoms with Crippen LogP contribution in [0.1, 0.15) is 33.1 Å². The maximum atomic E-state index is 5.67. The van der Waals surface area contributed by atoms with Crippen molar-refractivity contribution in [3.63, 3.8) is 0 Å². The highest BCUT2D eigenvalue weighted by molar-refractivity contribution is 5.49. The molecule has 1 aliphatic heterocycles. The van der Waals surface area contributed by atoms with E-state index in [4.69, 9.17) is 10.5 Å². The van der Waals surface area contributed by atoms with E-state index < -0.39 is 0 Å². The van der Waals surface area contributed by atoms with Crippen LogP contribution in [0.25, 0.3) is 0 Å². The Labute approximate surface area is 116 Å². The predicted molar refractivity (Wildman–Crippen MR) is 80.8 cm³/mol. The molecule has 0 aromatic heterocycles. The minimum atomic E-state index is 0.234. The Bertz CT molecular complexity index is 367. The van der Waals surface area contributed by atoms with Gasteiger partial charge in [-0.05, 0) is 69.8 Å². The summed E-state index contributed by atoms with van der Waals surface area (Å²) in [6.45, 7) is 7.22. The number of rotatable bonds is 5. The summed E-state index contributed by atoms with van der Waals surface area (Å²) < 4.78 is 5.67. The van der Waals surface area contributed by atoms with E-state index in [2.05, 4.69) is 43.0 Å². The molecule has 0 saturated carbocycles. The molecule has 2 rings (SSSR count). The summed E-state index contributed by atoms with van der Waals surface area (Å²) in [5, 5.41) is 0. The minimum absolute atomic E-state index is 0.234. The fourth-order valence-electron chi connectivity index (χ4n) is 2.72. The Hall–Kier alpha value is -1.22. The van der Waals surface area contributed by atoms with Crippen LogP contribution in [0.3, 0.4) is 0 Å². The lowest BCUT2D eigenvalue weighted by atomic mass is 9.93. The molecule has 1 aromatic carbocycles. The topological polar surface area (TPSA) is 38.5 Å². The first-order chi connectivity index (χ1) is 9.19. The standard InChI is InChI=1S/C16H26N2O/c1-13(2)19-16-5-3-15(4-6-16)18-11-8-14(7-10-17)9-12-18/h3-6,13-14H,7-12,17H2,1-2H3. The first kappa shape index (κ1) is 14.2. The molecule has 1 heterocycles. The van der Waals surface area contributed by atoms with Gasteiger partial charge in [0.25, 0.3) is 0 Å². The van der Waals surface area contributed by atoms with Crippen molar-refractivity contribution in [3.05, 3.63) is 24.3 Å². The zero-order chi connectivity index (χ0) is 13.7. The van der Waals surface area contributed by atoms with Crippen LogP contribution < -0.4 is 15.4 Å². The summed E-state index contributed by atoms with van der Waals surface area (Å²) in [5.74, 6) is 1.78. The number of nitrogens with two attached hydrogens (primary N) is 1. The van der Waals surface area contributed by atoms with E-state index in [-0.39, 0.29) is 6.10 Å². The van der Waals surface area contributed by atoms with Crippen molar-refractivity contribution in [1.82, 2.24) is 0 Å². The maximum Gasteiger partial charge on any atom is 0.119 e. The Kier molecular flexibility index (Phi) is 5.08. The summed E-state index contributed by atoms with van der Waals surface area (Å²) >= 11 is 0. The SMILES string of the molecule is CC(C)Oc1ccc(N2CCC(CCN)CC2)cc1. The van der Waals surface area contributed by atoms with Crippen molar-refractivity contribution in [2.45, 2.75) is 39.2 Å². The van der Waals surface area contributed by atoms with Crippen LogP contribution in [0.4, 0.5) is 5.69 Å². The molecule has 1 saturated heterocycles. The van der Waals surface area contributed by atoms with E-state index in [9.17, 15) is 0 Å². The third-order valence-corrected chi connectivity index (χ3v) is 3.76. The molecule has 1 fully saturated rings. The van der Waals surface area contributed by atoms with Crippen molar-refractivity contribution in [3.8, 4) is 5.75 Å². The minimum Gasteiger partial charge on any atom is -0.491 e. The van der Waals surface area contributed by atoms with Crippen LogP contribution in [-0.4, -0.2) is 25.7 Å². The molecule has 0 atom stereocenters. The van der Waals surface area contributed by atoms with Gasteiger partial charge in [0.15, 0.2) is 0 Å². The van der Waals surface area contributed by atoms with Gasteiger partial charge in [0.2, 0.25) is 0 Å². The number of hydrogen-bond acceptors (Lipinski definition) is 3. The molecule has 106 valence electrons. The third-order valence-electron chi connectivity index (χ3n) is 3.76. The van der Waals surface area contributed by atoms with E-state index in [1.165, 1.54) is 24.9 Å². The molecule has 3 nitrogen and oxygen atoms in total. The number of benzene rings is 1. The van der Waals surface area contributed by atoms with Crippen molar-refractivity contribution >= 4 is 5.69 Å². The molecular weight excluding hydrogens is 236 g/mol. The Morgan fingerprint density at radius 3 is 2.37 bits per heavy atom. The summed E-state index contributed by atoms with van der Waals surface area (Å²) in [7, 11) is 0. The van der Waals surface area contributed by atoms with Crippen molar-refractivity contribution in [2.24, 2.45) is 11.7 Å². The van der Waals surface area contributed by atoms with Crippen molar-refractivity contribution in [2.75, 3.05) is 24.5 Å². The number of anilines is 1. The number of piperidine rings is 1. The normalized spacial score (nSPS) is 16.9. The smallest absolute Gasteiger partial charge is 0.119 e. The molecule has 3 heteroatoms. The molecule has 0 radical (unpaired) electrons. The first-order valence-corrected chi connectivity index (χ1v) is 7.40. The van der Waals surface area contributed by atoms with E-state index in [1.54, 1.807) is 0 Å². The zero-order valence-electron chi connectivity index (χ0n) is 12.1. The largest absolute Gasteiger partial charge is 0.491 e. The van der Waals surface area contributed by atoms with Gasteiger partial charge in [-0.15, -0.1) is 0 Å². The second kappa shape index (κ2) is 6.80. The molecular formula is C16H26N2O. The van der Waals surface area contributed by atoms with Gasteiger partial charge in [-0.25, -0.2) is 0 Å². The van der Waals surface area contributed by atoms with Crippen LogP contribution >= 0.6 is 0 Å². The lowest BCUT2D eigenvalue weighted by molar-refractivity contribution is 0.242. The van der Waals surface area contributed by atoms with Crippen LogP contribution in [0.15, 0.2) is 24.3 Å². The predicted octanol–water partition coefficient (Wildman–Crippen LogP) is 3.04. The summed E-state index contributed by atoms with van der Waals surface area (Å²) in [6.07, 6.45) is 3.94. The van der Waals surface area contributed by atoms with Gasteiger partial charge in [0, 0.05) is 18.8 Å². The summed E-state index contributed by atoms with van der Waals surface area (Å²) in [6, 6.07) is 8.48. The fourth-order valence-corrected chi connectivity index (χ4v) is 2.72. The molecule has 0 spiro atoms. The average Bonchev–Trinajstić information content (AvgIpc) is 2.40. The van der Waals surface area contributed by atoms with Gasteiger partial charge in [0.05, 0.1) is 6.10 Å². The lowest BCUT2D eigenvalue weighted by Gasteiger charge is -2.33. The summed E-state index contributed by atoms with van der Waals surface area (Å²) in [5.41, 5.74) is 6.94. The second-order valence-corrected chi connectivity index (χ2v) is 5.67. The molecule has 19 heavy (non-hydrogen) atoms. The zero-order valence-corrected chi connectivity index (χ0v) is 12.1. The number of ether oxygens (including phenoxy) is 1. The number of hydrogen-bond donors (Lipinski definition) is 1. The quantitative estimate of drug-likeness (QED) is 0.886. The van der Waals surface area contributed by atoms with Gasteiger partial charge in [-0.2, -0.15) is 0 Å². The van der Waals surface area contributed by atoms with Gasteiger partial charge in [0.1, 0.15) is 5.75 Å². The van der Waals surface area contributed by atoms with Gasteiger partial charge >= 0.3 is 0 Å². The monoisotopic (exact) mass is 262 g/mol. The third kappa shape index (κ3) is 4.13. The molecule has 1 aromatic rings. The van der Waals surface area contributed by atoms with Crippen LogP contribution in [-0.2, 0) is 0 Å². The Morgan fingerprint density at radius 2 is 1.84 bits per heavy atom. The van der Waals surface area contributed by atoms with Crippen LogP contribution in [0, 0.1) is 5.92 Å². The molecule has 0 aliphatic carbocycles. The second-order valence-electron chi connectivity index (χ2n) is 5.67. The molecule has 1 aliphatic rings. The van der Waals surface area contributed by atoms with Crippen LogP contribution in [0.2, 0.25) is 0 Å². The van der Waals surface area contributed by atoms with Crippen LogP contribution in [0.5, 0.6) is 5.75 Å². The highest BCUT2D eigenvalue weighted by Crippen LogP contribution is 2.26. The molecule has 0 bridgehead atoms. The highest BCUT2D eigenvalue weighted by Gasteiger charge is 2.18. The van der Waals surface area contributed by atoms with Crippen molar-refractivity contribution < 1.29 is 4.74 Å². The lowest BCUT2D eigenvalue weighted by Crippen LogP contribution is -2.34. The summed E-state index contributed by atoms with van der Waals surface area (Å²) in [4.78, 5) is 2.46. The van der Waals surface area contributed by atoms with Gasteiger partial charge in [-0.1, -0.05) is 0 Å². The fraction of sp³-hybridized carbons (Fsp3) is 0.625. The molecule has 0 amide bonds. The maximum absolute atomic E-state index is 5.67. The van der Waals surface area contributed by atoms with E-state index in [1.807, 2.05) is 0 Å². The average molecular weight is 262 g/mol. The van der Waals surface area contributed by atoms with Crippen molar-refractivity contribution in [1.29, 1.82) is 0 Å². The highest BCUT2D eigenvalue weighted by atomic mass is 16.5. The first-order valence-electron chi connectivity index (χ1n) is 7.40. The van der Waals surface area contributed by atoms with Gasteiger partial charge in [-0.3, -0.25) is 0 Å². The Morgan fingerprint density at radius 1 is 1.21 bits per heavy atom. The number of nitrogens with zero attached hydrogens (tertiary/aromatic N) is 1. The molecule has 2 N–H and O–H groups in total. The van der Waals surface area contributed by atoms with E-state index >= 15 is 0 Å². The Balaban J connectivity index is 1.89. The molecule has 0 unspecified atom stereocenters. The van der Waals surface area contributed by atoms with E-state index in [0.29, 0.717) is 0 Å².